The number of ketones is 1. The first-order chi connectivity index (χ1) is 13.2. The van der Waals surface area contributed by atoms with Gasteiger partial charge in [0.1, 0.15) is 11.9 Å². The molecule has 6 heteroatoms. The van der Waals surface area contributed by atoms with Crippen molar-refractivity contribution in [2.45, 2.75) is 31.7 Å². The number of fused-ring (bicyclic) bond motifs is 1. The average molecular weight is 357 g/mol. The highest BCUT2D eigenvalue weighted by molar-refractivity contribution is 6.00. The van der Waals surface area contributed by atoms with Crippen molar-refractivity contribution in [1.82, 2.24) is 19.7 Å². The van der Waals surface area contributed by atoms with Crippen LogP contribution in [0.15, 0.2) is 66.1 Å². The van der Waals surface area contributed by atoms with Crippen LogP contribution in [-0.2, 0) is 4.79 Å². The Labute approximate surface area is 157 Å². The number of rotatable bonds is 2. The number of benzene rings is 1. The summed E-state index contributed by atoms with van der Waals surface area (Å²) in [5.74, 6) is 1.69. The van der Waals surface area contributed by atoms with Crippen LogP contribution >= 0.6 is 0 Å². The zero-order valence-corrected chi connectivity index (χ0v) is 15.0. The molecule has 0 spiro atoms. The van der Waals surface area contributed by atoms with Crippen LogP contribution in [0, 0.1) is 6.92 Å². The van der Waals surface area contributed by atoms with Gasteiger partial charge in [0, 0.05) is 30.1 Å². The Morgan fingerprint density at radius 1 is 1.07 bits per heavy atom. The number of carbonyl (C=O) groups excluding carboxylic acids is 1. The van der Waals surface area contributed by atoms with E-state index in [2.05, 4.69) is 32.5 Å². The number of allylic oxidation sites excluding steroid dienone is 2. The fourth-order valence-electron chi connectivity index (χ4n) is 4.13. The van der Waals surface area contributed by atoms with Crippen molar-refractivity contribution in [1.29, 1.82) is 0 Å². The number of carbonyl (C=O) groups is 1. The third kappa shape index (κ3) is 2.65. The van der Waals surface area contributed by atoms with Crippen molar-refractivity contribution in [2.24, 2.45) is 0 Å². The number of Topliss-reactive ketones (excluding diaryl/α,β-unsaturated/α-hetero) is 1. The van der Waals surface area contributed by atoms with Gasteiger partial charge in [-0.05, 0) is 36.5 Å². The Morgan fingerprint density at radius 2 is 1.89 bits per heavy atom. The minimum Gasteiger partial charge on any atom is -0.328 e. The second-order valence-corrected chi connectivity index (χ2v) is 7.07. The molecule has 3 heterocycles. The maximum Gasteiger partial charge on any atom is 0.226 e. The molecule has 0 saturated heterocycles. The van der Waals surface area contributed by atoms with Crippen LogP contribution in [0.3, 0.4) is 0 Å². The molecule has 1 aromatic carbocycles. The molecule has 2 atom stereocenters. The van der Waals surface area contributed by atoms with Crippen LogP contribution in [0.25, 0.3) is 0 Å². The van der Waals surface area contributed by atoms with Crippen LogP contribution in [0.1, 0.15) is 41.8 Å². The smallest absolute Gasteiger partial charge is 0.226 e. The first kappa shape index (κ1) is 15.9. The van der Waals surface area contributed by atoms with E-state index in [0.29, 0.717) is 18.2 Å². The van der Waals surface area contributed by atoms with Crippen molar-refractivity contribution < 1.29 is 4.79 Å². The zero-order valence-electron chi connectivity index (χ0n) is 15.0. The van der Waals surface area contributed by atoms with E-state index >= 15 is 0 Å². The number of hydrogen-bond donors (Lipinski definition) is 1. The molecule has 0 amide bonds. The highest BCUT2D eigenvalue weighted by Gasteiger charge is 2.39. The lowest BCUT2D eigenvalue weighted by Crippen LogP contribution is -2.33. The second kappa shape index (κ2) is 6.16. The summed E-state index contributed by atoms with van der Waals surface area (Å²) in [6.07, 6.45) is 4.83. The average Bonchev–Trinajstić information content (AvgIpc) is 3.07. The molecule has 0 radical (unpaired) electrons. The van der Waals surface area contributed by atoms with E-state index in [1.165, 1.54) is 5.56 Å². The zero-order chi connectivity index (χ0) is 18.4. The minimum absolute atomic E-state index is 0.158. The van der Waals surface area contributed by atoms with E-state index < -0.39 is 0 Å². The summed E-state index contributed by atoms with van der Waals surface area (Å²) in [5, 5.41) is 7.92. The molecule has 1 aliphatic carbocycles. The molecule has 0 bridgehead atoms. The fourth-order valence-corrected chi connectivity index (χ4v) is 4.13. The summed E-state index contributed by atoms with van der Waals surface area (Å²) < 4.78 is 1.81. The lowest BCUT2D eigenvalue weighted by molar-refractivity contribution is -0.116. The summed E-state index contributed by atoms with van der Waals surface area (Å²) in [4.78, 5) is 22.0. The number of aromatic nitrogens is 4. The van der Waals surface area contributed by atoms with Crippen LogP contribution in [0.2, 0.25) is 0 Å². The molecule has 3 aromatic rings. The van der Waals surface area contributed by atoms with E-state index in [-0.39, 0.29) is 17.7 Å². The molecule has 1 aliphatic heterocycles. The lowest BCUT2D eigenvalue weighted by atomic mass is 9.78. The molecular formula is C21H19N5O. The monoisotopic (exact) mass is 357 g/mol. The van der Waals surface area contributed by atoms with Gasteiger partial charge >= 0.3 is 0 Å². The summed E-state index contributed by atoms with van der Waals surface area (Å²) >= 11 is 0. The van der Waals surface area contributed by atoms with Crippen LogP contribution in [0.4, 0.5) is 5.95 Å². The van der Waals surface area contributed by atoms with Crippen LogP contribution in [0.5, 0.6) is 0 Å². The van der Waals surface area contributed by atoms with Crippen LogP contribution < -0.4 is 5.32 Å². The number of nitrogens with one attached hydrogen (secondary N) is 1. The van der Waals surface area contributed by atoms with Gasteiger partial charge in [-0.15, -0.1) is 0 Å². The van der Waals surface area contributed by atoms with E-state index in [1.807, 2.05) is 41.9 Å². The van der Waals surface area contributed by atoms with Gasteiger partial charge in [0.2, 0.25) is 5.95 Å². The Balaban J connectivity index is 1.62. The Kier molecular flexibility index (Phi) is 3.63. The van der Waals surface area contributed by atoms with Gasteiger partial charge < -0.3 is 5.32 Å². The Bertz CT molecular complexity index is 1040. The highest BCUT2D eigenvalue weighted by Crippen LogP contribution is 2.43. The minimum atomic E-state index is -0.282. The lowest BCUT2D eigenvalue weighted by Gasteiger charge is -2.35. The van der Waals surface area contributed by atoms with Gasteiger partial charge in [-0.25, -0.2) is 4.68 Å². The largest absolute Gasteiger partial charge is 0.328 e. The quantitative estimate of drug-likeness (QED) is 0.761. The highest BCUT2D eigenvalue weighted by atomic mass is 16.1. The predicted molar refractivity (Wildman–Crippen MR) is 101 cm³/mol. The normalized spacial score (nSPS) is 21.4. The molecule has 6 nitrogen and oxygen atoms in total. The van der Waals surface area contributed by atoms with Crippen molar-refractivity contribution in [3.63, 3.8) is 0 Å². The standard InChI is InChI=1S/C21H19N5O/c1-13-23-21-24-17-10-16(14-6-3-2-4-7-14)11-18(27)19(17)20(26(21)25-13)15-8-5-9-22-12-15/h2-9,12,16,20H,10-11H2,1H3,(H,23,24,25)/t16-,20+/m0/s1. The number of nitrogens with zero attached hydrogens (tertiary/aromatic N) is 4. The third-order valence-electron chi connectivity index (χ3n) is 5.30. The number of aryl methyl sites for hydroxylation is 1. The molecule has 134 valence electrons. The Morgan fingerprint density at radius 3 is 2.67 bits per heavy atom. The SMILES string of the molecule is Cc1nc2n(n1)[C@H](c1cccnc1)C1=C(C[C@H](c3ccccc3)CC1=O)N2. The van der Waals surface area contributed by atoms with Crippen LogP contribution in [-0.4, -0.2) is 25.5 Å². The van der Waals surface area contributed by atoms with Gasteiger partial charge in [0.15, 0.2) is 5.78 Å². The summed E-state index contributed by atoms with van der Waals surface area (Å²) in [6.45, 7) is 1.86. The van der Waals surface area contributed by atoms with Gasteiger partial charge in [0.25, 0.3) is 0 Å². The van der Waals surface area contributed by atoms with Crippen molar-refractivity contribution >= 4 is 11.7 Å². The molecule has 0 fully saturated rings. The van der Waals surface area contributed by atoms with Gasteiger partial charge in [-0.1, -0.05) is 36.4 Å². The number of hydrogen-bond acceptors (Lipinski definition) is 5. The molecule has 2 aromatic heterocycles. The molecule has 0 saturated carbocycles. The molecule has 0 unspecified atom stereocenters. The van der Waals surface area contributed by atoms with E-state index in [1.54, 1.807) is 12.4 Å². The summed E-state index contributed by atoms with van der Waals surface area (Å²) in [7, 11) is 0. The first-order valence-corrected chi connectivity index (χ1v) is 9.12. The molecule has 2 aliphatic rings. The maximum atomic E-state index is 13.2. The van der Waals surface area contributed by atoms with E-state index in [0.717, 1.165) is 23.3 Å². The van der Waals surface area contributed by atoms with Gasteiger partial charge in [-0.3, -0.25) is 9.78 Å². The number of pyridine rings is 1. The fraction of sp³-hybridized carbons (Fsp3) is 0.238. The van der Waals surface area contributed by atoms with Gasteiger partial charge in [-0.2, -0.15) is 10.1 Å². The number of anilines is 1. The van der Waals surface area contributed by atoms with E-state index in [4.69, 9.17) is 0 Å². The summed E-state index contributed by atoms with van der Waals surface area (Å²) in [6, 6.07) is 13.8. The molecular weight excluding hydrogens is 338 g/mol. The van der Waals surface area contributed by atoms with Crippen molar-refractivity contribution in [3.8, 4) is 0 Å². The molecule has 1 N–H and O–H groups in total. The predicted octanol–water partition coefficient (Wildman–Crippen LogP) is 3.40. The summed E-state index contributed by atoms with van der Waals surface area (Å²) in [5.41, 5.74) is 3.88. The third-order valence-corrected chi connectivity index (χ3v) is 5.30. The van der Waals surface area contributed by atoms with Gasteiger partial charge in [0.05, 0.1) is 0 Å². The van der Waals surface area contributed by atoms with Crippen molar-refractivity contribution in [3.05, 3.63) is 83.1 Å². The topological polar surface area (TPSA) is 72.7 Å². The Hall–Kier alpha value is -3.28. The van der Waals surface area contributed by atoms with Crippen molar-refractivity contribution in [2.75, 3.05) is 5.32 Å². The second-order valence-electron chi connectivity index (χ2n) is 7.07. The maximum absolute atomic E-state index is 13.2. The first-order valence-electron chi connectivity index (χ1n) is 9.12. The van der Waals surface area contributed by atoms with E-state index in [9.17, 15) is 4.79 Å². The molecule has 5 rings (SSSR count). The molecule has 27 heavy (non-hydrogen) atoms.